The molecular weight excluding hydrogens is 300 g/mol. The second-order valence-electron chi connectivity index (χ2n) is 4.55. The minimum absolute atomic E-state index is 0.0434. The molecule has 0 aromatic heterocycles. The topological polar surface area (TPSA) is 89.3 Å². The minimum atomic E-state index is -3.68. The van der Waals surface area contributed by atoms with Crippen LogP contribution in [-0.4, -0.2) is 20.2 Å². The summed E-state index contributed by atoms with van der Waals surface area (Å²) in [5.74, 6) is 0.510. The zero-order chi connectivity index (χ0) is 15.2. The lowest BCUT2D eigenvalue weighted by Gasteiger charge is -2.14. The van der Waals surface area contributed by atoms with Crippen molar-refractivity contribution in [3.05, 3.63) is 29.8 Å². The number of primary sulfonamides is 1. The van der Waals surface area contributed by atoms with Gasteiger partial charge in [0.25, 0.3) is 0 Å². The van der Waals surface area contributed by atoms with Crippen molar-refractivity contribution in [2.75, 3.05) is 5.88 Å². The van der Waals surface area contributed by atoms with Gasteiger partial charge >= 0.3 is 0 Å². The van der Waals surface area contributed by atoms with Crippen molar-refractivity contribution >= 4 is 27.5 Å². The lowest BCUT2D eigenvalue weighted by molar-refractivity contribution is -0.121. The van der Waals surface area contributed by atoms with Crippen LogP contribution in [0.3, 0.4) is 0 Å². The van der Waals surface area contributed by atoms with E-state index < -0.39 is 10.0 Å². The first kappa shape index (κ1) is 16.9. The number of amides is 1. The van der Waals surface area contributed by atoms with Gasteiger partial charge < -0.3 is 5.32 Å². The van der Waals surface area contributed by atoms with Gasteiger partial charge in [0, 0.05) is 12.3 Å². The zero-order valence-corrected chi connectivity index (χ0v) is 12.9. The Bertz CT molecular complexity index is 543. The maximum absolute atomic E-state index is 11.7. The maximum Gasteiger partial charge on any atom is 0.238 e. The molecule has 0 aliphatic heterocycles. The summed E-state index contributed by atoms with van der Waals surface area (Å²) < 4.78 is 22.3. The fraction of sp³-hybridized carbons (Fsp3) is 0.462. The van der Waals surface area contributed by atoms with Crippen LogP contribution in [0.2, 0.25) is 0 Å². The van der Waals surface area contributed by atoms with Crippen LogP contribution in [-0.2, 0) is 14.8 Å². The van der Waals surface area contributed by atoms with Gasteiger partial charge in [0.1, 0.15) is 0 Å². The molecule has 0 fully saturated rings. The summed E-state index contributed by atoms with van der Waals surface area (Å²) in [4.78, 5) is 11.7. The minimum Gasteiger partial charge on any atom is -0.350 e. The first-order chi connectivity index (χ1) is 9.34. The summed E-state index contributed by atoms with van der Waals surface area (Å²) in [5.41, 5.74) is 0.822. The highest BCUT2D eigenvalue weighted by Crippen LogP contribution is 2.15. The van der Waals surface area contributed by atoms with Crippen LogP contribution in [0.25, 0.3) is 0 Å². The first-order valence-corrected chi connectivity index (χ1v) is 8.41. The van der Waals surface area contributed by atoms with Gasteiger partial charge in [0.2, 0.25) is 15.9 Å². The molecule has 5 nitrogen and oxygen atoms in total. The van der Waals surface area contributed by atoms with Gasteiger partial charge in [0.05, 0.1) is 10.9 Å². The third kappa shape index (κ3) is 5.48. The molecule has 0 spiro atoms. The Kier molecular flexibility index (Phi) is 6.45. The van der Waals surface area contributed by atoms with Gasteiger partial charge in [0.15, 0.2) is 0 Å². The Morgan fingerprint density at radius 2 is 1.90 bits per heavy atom. The SMILES string of the molecule is CC(NC(=O)CCCCCl)c1ccc(S(N)(=O)=O)cc1. The number of hydrogen-bond acceptors (Lipinski definition) is 3. The molecular formula is C13H19ClN2O3S. The molecule has 0 radical (unpaired) electrons. The van der Waals surface area contributed by atoms with Crippen LogP contribution >= 0.6 is 11.6 Å². The predicted octanol–water partition coefficient (Wildman–Crippen LogP) is 1.92. The molecule has 0 aliphatic rings. The fourth-order valence-corrected chi connectivity index (χ4v) is 2.43. The van der Waals surface area contributed by atoms with Gasteiger partial charge in [-0.2, -0.15) is 0 Å². The molecule has 7 heteroatoms. The highest BCUT2D eigenvalue weighted by atomic mass is 35.5. The lowest BCUT2D eigenvalue weighted by Crippen LogP contribution is -2.26. The highest BCUT2D eigenvalue weighted by molar-refractivity contribution is 7.89. The van der Waals surface area contributed by atoms with Gasteiger partial charge in [-0.3, -0.25) is 4.79 Å². The Labute approximate surface area is 124 Å². The Morgan fingerprint density at radius 1 is 1.30 bits per heavy atom. The van der Waals surface area contributed by atoms with Gasteiger partial charge in [-0.05, 0) is 37.5 Å². The van der Waals surface area contributed by atoms with E-state index in [0.717, 1.165) is 18.4 Å². The molecule has 0 saturated carbocycles. The quantitative estimate of drug-likeness (QED) is 0.594. The van der Waals surface area contributed by atoms with Crippen molar-refractivity contribution in [2.24, 2.45) is 5.14 Å². The number of rotatable bonds is 7. The van der Waals surface area contributed by atoms with Crippen molar-refractivity contribution in [2.45, 2.75) is 37.1 Å². The van der Waals surface area contributed by atoms with Crippen molar-refractivity contribution in [3.63, 3.8) is 0 Å². The molecule has 1 rings (SSSR count). The van der Waals surface area contributed by atoms with E-state index in [2.05, 4.69) is 5.32 Å². The van der Waals surface area contributed by atoms with E-state index in [9.17, 15) is 13.2 Å². The number of carbonyl (C=O) groups excluding carboxylic acids is 1. The molecule has 112 valence electrons. The highest BCUT2D eigenvalue weighted by Gasteiger charge is 2.11. The summed E-state index contributed by atoms with van der Waals surface area (Å²) >= 11 is 5.55. The van der Waals surface area contributed by atoms with Gasteiger partial charge in [-0.1, -0.05) is 12.1 Å². The van der Waals surface area contributed by atoms with E-state index in [1.165, 1.54) is 12.1 Å². The number of carbonyl (C=O) groups is 1. The molecule has 3 N–H and O–H groups in total. The third-order valence-corrected chi connectivity index (χ3v) is 4.07. The van der Waals surface area contributed by atoms with Crippen LogP contribution in [0.1, 0.15) is 37.8 Å². The van der Waals surface area contributed by atoms with Crippen LogP contribution < -0.4 is 10.5 Å². The molecule has 1 atom stereocenters. The number of sulfonamides is 1. The van der Waals surface area contributed by atoms with Gasteiger partial charge in [-0.15, -0.1) is 11.6 Å². The average molecular weight is 319 g/mol. The molecule has 0 bridgehead atoms. The number of alkyl halides is 1. The Hall–Kier alpha value is -1.11. The zero-order valence-electron chi connectivity index (χ0n) is 11.3. The number of hydrogen-bond donors (Lipinski definition) is 2. The normalized spacial score (nSPS) is 12.9. The maximum atomic E-state index is 11.7. The summed E-state index contributed by atoms with van der Waals surface area (Å²) in [7, 11) is -3.68. The van der Waals surface area contributed by atoms with E-state index in [0.29, 0.717) is 12.3 Å². The van der Waals surface area contributed by atoms with Crippen molar-refractivity contribution < 1.29 is 13.2 Å². The van der Waals surface area contributed by atoms with Crippen molar-refractivity contribution in [1.82, 2.24) is 5.32 Å². The fourth-order valence-electron chi connectivity index (χ4n) is 1.72. The molecule has 1 aromatic carbocycles. The number of unbranched alkanes of at least 4 members (excludes halogenated alkanes) is 1. The summed E-state index contributed by atoms with van der Waals surface area (Å²) in [5, 5.41) is 7.87. The Morgan fingerprint density at radius 3 is 2.40 bits per heavy atom. The standard InChI is InChI=1S/C13H19ClN2O3S/c1-10(16-13(17)4-2-3-9-14)11-5-7-12(8-6-11)20(15,18)19/h5-8,10H,2-4,9H2,1H3,(H,16,17)(H2,15,18,19). The first-order valence-electron chi connectivity index (χ1n) is 6.32. The molecule has 1 aromatic rings. The smallest absolute Gasteiger partial charge is 0.238 e. The van der Waals surface area contributed by atoms with Crippen LogP contribution in [0.5, 0.6) is 0 Å². The van der Waals surface area contributed by atoms with E-state index in [-0.39, 0.29) is 16.8 Å². The largest absolute Gasteiger partial charge is 0.350 e. The van der Waals surface area contributed by atoms with E-state index in [4.69, 9.17) is 16.7 Å². The third-order valence-electron chi connectivity index (χ3n) is 2.87. The van der Waals surface area contributed by atoms with Crippen molar-refractivity contribution in [1.29, 1.82) is 0 Å². The van der Waals surface area contributed by atoms with E-state index >= 15 is 0 Å². The summed E-state index contributed by atoms with van der Waals surface area (Å²) in [6, 6.07) is 5.96. The van der Waals surface area contributed by atoms with E-state index in [1.807, 2.05) is 6.92 Å². The van der Waals surface area contributed by atoms with Crippen molar-refractivity contribution in [3.8, 4) is 0 Å². The summed E-state index contributed by atoms with van der Waals surface area (Å²) in [6.45, 7) is 1.84. The molecule has 0 heterocycles. The molecule has 0 saturated heterocycles. The van der Waals surface area contributed by atoms with Crippen LogP contribution in [0.15, 0.2) is 29.2 Å². The molecule has 20 heavy (non-hydrogen) atoms. The molecule has 1 amide bonds. The number of benzene rings is 1. The van der Waals surface area contributed by atoms with Crippen LogP contribution in [0.4, 0.5) is 0 Å². The molecule has 0 aliphatic carbocycles. The lowest BCUT2D eigenvalue weighted by atomic mass is 10.1. The predicted molar refractivity (Wildman–Crippen MR) is 78.9 cm³/mol. The number of halogens is 1. The summed E-state index contributed by atoms with van der Waals surface area (Å²) in [6.07, 6.45) is 2.01. The second-order valence-corrected chi connectivity index (χ2v) is 6.49. The van der Waals surface area contributed by atoms with Gasteiger partial charge in [-0.25, -0.2) is 13.6 Å². The van der Waals surface area contributed by atoms with Crippen LogP contribution in [0, 0.1) is 0 Å². The average Bonchev–Trinajstić information content (AvgIpc) is 2.38. The molecule has 1 unspecified atom stereocenters. The Balaban J connectivity index is 2.60. The monoisotopic (exact) mass is 318 g/mol. The van der Waals surface area contributed by atoms with E-state index in [1.54, 1.807) is 12.1 Å². The second kappa shape index (κ2) is 7.61. The number of nitrogens with two attached hydrogens (primary N) is 1. The number of nitrogens with one attached hydrogen (secondary N) is 1.